The molecule has 0 bridgehead atoms. The van der Waals surface area contributed by atoms with E-state index in [9.17, 15) is 9.47 Å². The zero-order valence-corrected chi connectivity index (χ0v) is 14.6. The lowest BCUT2D eigenvalue weighted by molar-refractivity contribution is 0.420. The van der Waals surface area contributed by atoms with E-state index in [4.69, 9.17) is 4.74 Å². The van der Waals surface area contributed by atoms with Crippen LogP contribution in [0.15, 0.2) is 41.3 Å². The average Bonchev–Trinajstić information content (AvgIpc) is 3.18. The highest BCUT2D eigenvalue weighted by Gasteiger charge is 2.24. The number of hydrogen-bond acceptors (Lipinski definition) is 3. The quantitative estimate of drug-likeness (QED) is 0.743. The molecule has 0 aliphatic carbocycles. The van der Waals surface area contributed by atoms with Crippen LogP contribution in [0.3, 0.4) is 0 Å². The largest absolute Gasteiger partial charge is 0.496 e. The molecule has 5 heteroatoms. The molecule has 1 fully saturated rings. The Morgan fingerprint density at radius 1 is 1.21 bits per heavy atom. The Labute approximate surface area is 142 Å². The Hall–Kier alpha value is -2.32. The lowest BCUT2D eigenvalue weighted by atomic mass is 10.1. The molecule has 1 aliphatic heterocycles. The van der Waals surface area contributed by atoms with Gasteiger partial charge in [-0.3, -0.25) is 4.21 Å². The predicted molar refractivity (Wildman–Crippen MR) is 98.4 cm³/mol. The Morgan fingerprint density at radius 2 is 2.00 bits per heavy atom. The van der Waals surface area contributed by atoms with Crippen molar-refractivity contribution >= 4 is 31.7 Å². The maximum Gasteiger partial charge on any atom is 0.128 e. The summed E-state index contributed by atoms with van der Waals surface area (Å²) < 4.78 is 20.7. The van der Waals surface area contributed by atoms with Gasteiger partial charge in [0.25, 0.3) is 0 Å². The van der Waals surface area contributed by atoms with Gasteiger partial charge in [-0.15, -0.1) is 0 Å². The summed E-state index contributed by atoms with van der Waals surface area (Å²) in [5, 5.41) is 11.2. The maximum atomic E-state index is 13.2. The van der Waals surface area contributed by atoms with Gasteiger partial charge in [-0.1, -0.05) is 16.0 Å². The van der Waals surface area contributed by atoms with E-state index < -0.39 is 9.93 Å². The number of thiol groups is 1. The minimum Gasteiger partial charge on any atom is -0.496 e. The molecule has 1 aliphatic rings. The van der Waals surface area contributed by atoms with Crippen molar-refractivity contribution in [2.45, 2.75) is 24.3 Å². The molecule has 0 atom stereocenters. The standard InChI is InChI=1S/C19H20N2O2S/c1-23-18-6-4-5-17-19(18)15-13-14(24(22)11-2-3-12-24)7-8-16(15)21(17)10-9-20/h4-8,13,24H,2-3,10-12H2,1H3. The minimum atomic E-state index is -2.25. The Morgan fingerprint density at radius 3 is 2.71 bits per heavy atom. The minimum absolute atomic E-state index is 0.282. The fraction of sp³-hybridized carbons (Fsp3) is 0.316. The molecule has 2 heterocycles. The lowest BCUT2D eigenvalue weighted by Crippen LogP contribution is -2.13. The summed E-state index contributed by atoms with van der Waals surface area (Å²) in [6.07, 6.45) is 2.10. The van der Waals surface area contributed by atoms with Crippen LogP contribution in [-0.2, 0) is 16.5 Å². The molecule has 0 radical (unpaired) electrons. The second-order valence-electron chi connectivity index (χ2n) is 6.34. The van der Waals surface area contributed by atoms with Crippen molar-refractivity contribution in [3.8, 4) is 11.8 Å². The number of fused-ring (bicyclic) bond motifs is 3. The van der Waals surface area contributed by atoms with Crippen LogP contribution < -0.4 is 4.74 Å². The van der Waals surface area contributed by atoms with E-state index in [1.165, 1.54) is 0 Å². The molecule has 3 aromatic rings. The van der Waals surface area contributed by atoms with Gasteiger partial charge in [0.05, 0.1) is 24.2 Å². The normalized spacial score (nSPS) is 17.8. The fourth-order valence-corrected chi connectivity index (χ4v) is 6.79. The third-order valence-corrected chi connectivity index (χ3v) is 8.34. The summed E-state index contributed by atoms with van der Waals surface area (Å²) in [5.74, 6) is 2.41. The van der Waals surface area contributed by atoms with Crippen molar-refractivity contribution in [3.63, 3.8) is 0 Å². The number of aromatic nitrogens is 1. The molecular weight excluding hydrogens is 320 g/mol. The van der Waals surface area contributed by atoms with Gasteiger partial charge in [-0.25, -0.2) is 0 Å². The number of nitrogens with zero attached hydrogens (tertiary/aromatic N) is 2. The lowest BCUT2D eigenvalue weighted by Gasteiger charge is -2.17. The average molecular weight is 340 g/mol. The van der Waals surface area contributed by atoms with Crippen LogP contribution in [0.1, 0.15) is 12.8 Å². The van der Waals surface area contributed by atoms with Gasteiger partial charge in [-0.05, 0) is 43.2 Å². The number of benzene rings is 2. The van der Waals surface area contributed by atoms with Crippen LogP contribution >= 0.6 is 0 Å². The Balaban J connectivity index is 2.07. The summed E-state index contributed by atoms with van der Waals surface area (Å²) in [6, 6.07) is 14.2. The maximum absolute atomic E-state index is 13.2. The summed E-state index contributed by atoms with van der Waals surface area (Å²) in [6.45, 7) is 0.282. The van der Waals surface area contributed by atoms with E-state index in [-0.39, 0.29) is 6.54 Å². The molecule has 124 valence electrons. The van der Waals surface area contributed by atoms with Crippen molar-refractivity contribution in [3.05, 3.63) is 36.4 Å². The van der Waals surface area contributed by atoms with E-state index in [0.29, 0.717) is 0 Å². The van der Waals surface area contributed by atoms with E-state index >= 15 is 0 Å². The summed E-state index contributed by atoms with van der Waals surface area (Å²) in [5.41, 5.74) is 1.97. The molecule has 0 N–H and O–H groups in total. The number of rotatable bonds is 3. The summed E-state index contributed by atoms with van der Waals surface area (Å²) in [7, 11) is -0.592. The molecular formula is C19H20N2O2S. The molecule has 0 amide bonds. The predicted octanol–water partition coefficient (Wildman–Crippen LogP) is 3.50. The van der Waals surface area contributed by atoms with Crippen molar-refractivity contribution in [1.29, 1.82) is 5.26 Å². The topological polar surface area (TPSA) is 55.0 Å². The smallest absolute Gasteiger partial charge is 0.128 e. The van der Waals surface area contributed by atoms with Crippen LogP contribution in [0.5, 0.6) is 5.75 Å². The first-order valence-electron chi connectivity index (χ1n) is 8.22. The molecule has 0 unspecified atom stereocenters. The van der Waals surface area contributed by atoms with Gasteiger partial charge >= 0.3 is 0 Å². The van der Waals surface area contributed by atoms with Crippen LogP contribution in [0, 0.1) is 11.3 Å². The van der Waals surface area contributed by atoms with Gasteiger partial charge in [0.2, 0.25) is 0 Å². The Bertz CT molecular complexity index is 1020. The van der Waals surface area contributed by atoms with Gasteiger partial charge in [0.1, 0.15) is 12.3 Å². The molecule has 4 rings (SSSR count). The third-order valence-electron chi connectivity index (χ3n) is 5.04. The zero-order valence-electron chi connectivity index (χ0n) is 13.7. The molecule has 0 saturated carbocycles. The number of ether oxygens (including phenoxy) is 1. The van der Waals surface area contributed by atoms with Gasteiger partial charge in [0.15, 0.2) is 0 Å². The van der Waals surface area contributed by atoms with Gasteiger partial charge in [-0.2, -0.15) is 5.26 Å². The van der Waals surface area contributed by atoms with Crippen LogP contribution in [0.4, 0.5) is 0 Å². The second-order valence-corrected chi connectivity index (χ2v) is 9.53. The van der Waals surface area contributed by atoms with E-state index in [1.54, 1.807) is 7.11 Å². The van der Waals surface area contributed by atoms with Crippen LogP contribution in [0.25, 0.3) is 21.8 Å². The van der Waals surface area contributed by atoms with Crippen molar-refractivity contribution in [1.82, 2.24) is 4.57 Å². The van der Waals surface area contributed by atoms with Gasteiger partial charge < -0.3 is 9.30 Å². The molecule has 1 saturated heterocycles. The molecule has 0 spiro atoms. The van der Waals surface area contributed by atoms with Crippen LogP contribution in [0.2, 0.25) is 0 Å². The Kier molecular flexibility index (Phi) is 3.58. The number of hydrogen-bond donors (Lipinski definition) is 1. The number of nitriles is 1. The SMILES string of the molecule is COc1cccc2c1c1cc([SH]3(=O)CCCC3)ccc1n2CC#N. The second kappa shape index (κ2) is 5.64. The molecule has 1 aromatic heterocycles. The highest BCUT2D eigenvalue weighted by atomic mass is 32.2. The molecule has 2 aromatic carbocycles. The first-order chi connectivity index (χ1) is 11.7. The zero-order chi connectivity index (χ0) is 16.7. The first kappa shape index (κ1) is 15.2. The highest BCUT2D eigenvalue weighted by Crippen LogP contribution is 2.38. The van der Waals surface area contributed by atoms with Crippen molar-refractivity contribution in [2.75, 3.05) is 18.6 Å². The van der Waals surface area contributed by atoms with Crippen LogP contribution in [-0.4, -0.2) is 27.4 Å². The van der Waals surface area contributed by atoms with E-state index in [1.807, 2.05) is 34.9 Å². The van der Waals surface area contributed by atoms with Crippen molar-refractivity contribution < 1.29 is 8.95 Å². The molecule has 24 heavy (non-hydrogen) atoms. The first-order valence-corrected chi connectivity index (χ1v) is 10.3. The monoisotopic (exact) mass is 340 g/mol. The van der Waals surface area contributed by atoms with Crippen molar-refractivity contribution in [2.24, 2.45) is 0 Å². The summed E-state index contributed by atoms with van der Waals surface area (Å²) in [4.78, 5) is 0.967. The molecule has 4 nitrogen and oxygen atoms in total. The van der Waals surface area contributed by atoms with E-state index in [2.05, 4.69) is 12.1 Å². The number of methoxy groups -OCH3 is 1. The van der Waals surface area contributed by atoms with E-state index in [0.717, 1.165) is 56.8 Å². The fourth-order valence-electron chi connectivity index (χ4n) is 3.87. The van der Waals surface area contributed by atoms with Gasteiger partial charge in [0, 0.05) is 27.2 Å². The summed E-state index contributed by atoms with van der Waals surface area (Å²) >= 11 is 0. The third kappa shape index (κ3) is 2.14. The highest BCUT2D eigenvalue weighted by molar-refractivity contribution is 8.03.